The lowest BCUT2D eigenvalue weighted by atomic mass is 10.2. The first kappa shape index (κ1) is 16.4. The van der Waals surface area contributed by atoms with Gasteiger partial charge in [0.2, 0.25) is 5.91 Å². The maximum atomic E-state index is 11.6. The molecule has 0 unspecified atom stereocenters. The third-order valence-electron chi connectivity index (χ3n) is 2.55. The summed E-state index contributed by atoms with van der Waals surface area (Å²) in [4.78, 5) is 23.4. The van der Waals surface area contributed by atoms with Gasteiger partial charge in [-0.25, -0.2) is 4.79 Å². The highest BCUT2D eigenvalue weighted by Crippen LogP contribution is 2.21. The highest BCUT2D eigenvalue weighted by atomic mass is 32.2. The van der Waals surface area contributed by atoms with Crippen molar-refractivity contribution in [2.24, 2.45) is 0 Å². The van der Waals surface area contributed by atoms with Gasteiger partial charge in [-0.3, -0.25) is 4.79 Å². The van der Waals surface area contributed by atoms with E-state index in [2.05, 4.69) is 5.32 Å². The summed E-state index contributed by atoms with van der Waals surface area (Å²) >= 11 is 1.36. The van der Waals surface area contributed by atoms with E-state index in [1.165, 1.54) is 11.8 Å². The number of carboxylic acids is 1. The van der Waals surface area contributed by atoms with Crippen molar-refractivity contribution in [3.05, 3.63) is 24.3 Å². The number of carbonyl (C=O) groups excluding carboxylic acids is 1. The highest BCUT2D eigenvalue weighted by Gasteiger charge is 2.17. The molecular weight excluding hydrogens is 278 g/mol. The van der Waals surface area contributed by atoms with Crippen LogP contribution in [-0.2, 0) is 9.59 Å². The molecule has 0 spiro atoms. The second kappa shape index (κ2) is 8.47. The standard InChI is InChI=1S/C14H19NO4S/c1-3-12(14(17)18)15-13(16)9-20-11-7-5-10(6-8-11)19-4-2/h5-8,12H,3-4,9H2,1-2H3,(H,15,16)(H,17,18)/t12-/m1/s1. The maximum absolute atomic E-state index is 11.6. The molecule has 0 radical (unpaired) electrons. The second-order valence-electron chi connectivity index (χ2n) is 4.06. The first-order valence-electron chi connectivity index (χ1n) is 6.44. The van der Waals surface area contributed by atoms with E-state index in [1.54, 1.807) is 6.92 Å². The molecule has 0 saturated carbocycles. The Morgan fingerprint density at radius 3 is 2.45 bits per heavy atom. The minimum Gasteiger partial charge on any atom is -0.494 e. The summed E-state index contributed by atoms with van der Waals surface area (Å²) in [5, 5.41) is 11.3. The van der Waals surface area contributed by atoms with E-state index in [1.807, 2.05) is 31.2 Å². The lowest BCUT2D eigenvalue weighted by Crippen LogP contribution is -2.41. The van der Waals surface area contributed by atoms with Crippen molar-refractivity contribution in [3.8, 4) is 5.75 Å². The van der Waals surface area contributed by atoms with Crippen LogP contribution in [0.5, 0.6) is 5.75 Å². The Hall–Kier alpha value is -1.69. The van der Waals surface area contributed by atoms with Gasteiger partial charge in [0.05, 0.1) is 12.4 Å². The average Bonchev–Trinajstić information content (AvgIpc) is 2.44. The molecule has 20 heavy (non-hydrogen) atoms. The van der Waals surface area contributed by atoms with E-state index in [9.17, 15) is 9.59 Å². The summed E-state index contributed by atoms with van der Waals surface area (Å²) in [7, 11) is 0. The number of thioether (sulfide) groups is 1. The quantitative estimate of drug-likeness (QED) is 0.719. The molecule has 0 bridgehead atoms. The summed E-state index contributed by atoms with van der Waals surface area (Å²) in [5.41, 5.74) is 0. The zero-order valence-electron chi connectivity index (χ0n) is 11.6. The molecule has 0 aliphatic heterocycles. The summed E-state index contributed by atoms with van der Waals surface area (Å²) in [6.07, 6.45) is 0.370. The highest BCUT2D eigenvalue weighted by molar-refractivity contribution is 8.00. The number of carbonyl (C=O) groups is 2. The van der Waals surface area contributed by atoms with Gasteiger partial charge < -0.3 is 15.2 Å². The van der Waals surface area contributed by atoms with Crippen LogP contribution in [0.3, 0.4) is 0 Å². The van der Waals surface area contributed by atoms with Crippen LogP contribution in [0.1, 0.15) is 20.3 Å². The summed E-state index contributed by atoms with van der Waals surface area (Å²) in [6, 6.07) is 6.61. The van der Waals surface area contributed by atoms with Crippen molar-refractivity contribution < 1.29 is 19.4 Å². The Kier molecular flexibility index (Phi) is 6.93. The molecule has 0 saturated heterocycles. The predicted molar refractivity (Wildman–Crippen MR) is 78.2 cm³/mol. The summed E-state index contributed by atoms with van der Waals surface area (Å²) in [5.74, 6) is -0.305. The number of benzene rings is 1. The van der Waals surface area contributed by atoms with Gasteiger partial charge >= 0.3 is 5.97 Å². The van der Waals surface area contributed by atoms with Gasteiger partial charge in [-0.1, -0.05) is 6.92 Å². The molecule has 1 aromatic carbocycles. The van der Waals surface area contributed by atoms with Crippen LogP contribution in [0.4, 0.5) is 0 Å². The fourth-order valence-corrected chi connectivity index (χ4v) is 2.23. The van der Waals surface area contributed by atoms with Crippen LogP contribution in [0, 0.1) is 0 Å². The average molecular weight is 297 g/mol. The minimum atomic E-state index is -1.01. The molecule has 1 atom stereocenters. The van der Waals surface area contributed by atoms with E-state index in [0.717, 1.165) is 10.6 Å². The van der Waals surface area contributed by atoms with E-state index in [0.29, 0.717) is 13.0 Å². The Bertz CT molecular complexity index is 447. The zero-order chi connectivity index (χ0) is 15.0. The molecule has 1 rings (SSSR count). The fraction of sp³-hybridized carbons (Fsp3) is 0.429. The number of hydrogen-bond acceptors (Lipinski definition) is 4. The first-order valence-corrected chi connectivity index (χ1v) is 7.43. The maximum Gasteiger partial charge on any atom is 0.326 e. The minimum absolute atomic E-state index is 0.192. The van der Waals surface area contributed by atoms with Crippen molar-refractivity contribution in [2.45, 2.75) is 31.2 Å². The topological polar surface area (TPSA) is 75.6 Å². The molecule has 0 heterocycles. The SMILES string of the molecule is CCOc1ccc(SCC(=O)N[C@H](CC)C(=O)O)cc1. The molecule has 5 nitrogen and oxygen atoms in total. The largest absolute Gasteiger partial charge is 0.494 e. The van der Waals surface area contributed by atoms with Crippen LogP contribution in [0.15, 0.2) is 29.2 Å². The van der Waals surface area contributed by atoms with Crippen molar-refractivity contribution in [3.63, 3.8) is 0 Å². The Labute approximate surface area is 122 Å². The number of hydrogen-bond donors (Lipinski definition) is 2. The summed E-state index contributed by atoms with van der Waals surface area (Å²) in [6.45, 7) is 4.25. The zero-order valence-corrected chi connectivity index (χ0v) is 12.4. The number of ether oxygens (including phenoxy) is 1. The summed E-state index contributed by atoms with van der Waals surface area (Å²) < 4.78 is 5.33. The third-order valence-corrected chi connectivity index (χ3v) is 3.56. The number of carboxylic acid groups (broad SMARTS) is 1. The molecular formula is C14H19NO4S. The van der Waals surface area contributed by atoms with E-state index < -0.39 is 12.0 Å². The van der Waals surface area contributed by atoms with Crippen molar-refractivity contribution in [1.29, 1.82) is 0 Å². The van der Waals surface area contributed by atoms with Gasteiger partial charge in [0, 0.05) is 4.90 Å². The first-order chi connectivity index (χ1) is 9.56. The monoisotopic (exact) mass is 297 g/mol. The van der Waals surface area contributed by atoms with E-state index in [4.69, 9.17) is 9.84 Å². The van der Waals surface area contributed by atoms with Crippen LogP contribution in [0.2, 0.25) is 0 Å². The molecule has 0 aromatic heterocycles. The molecule has 2 N–H and O–H groups in total. The van der Waals surface area contributed by atoms with Crippen LogP contribution >= 0.6 is 11.8 Å². The lowest BCUT2D eigenvalue weighted by Gasteiger charge is -2.12. The lowest BCUT2D eigenvalue weighted by molar-refractivity contribution is -0.141. The molecule has 6 heteroatoms. The van der Waals surface area contributed by atoms with Gasteiger partial charge in [0.15, 0.2) is 0 Å². The van der Waals surface area contributed by atoms with Crippen molar-refractivity contribution in [1.82, 2.24) is 5.32 Å². The normalized spacial score (nSPS) is 11.7. The molecule has 0 aliphatic carbocycles. The third kappa shape index (κ3) is 5.52. The van der Waals surface area contributed by atoms with Crippen LogP contribution in [-0.4, -0.2) is 35.4 Å². The second-order valence-corrected chi connectivity index (χ2v) is 5.11. The number of aliphatic carboxylic acids is 1. The fourth-order valence-electron chi connectivity index (χ4n) is 1.52. The molecule has 1 amide bonds. The van der Waals surface area contributed by atoms with E-state index >= 15 is 0 Å². The van der Waals surface area contributed by atoms with Crippen molar-refractivity contribution >= 4 is 23.6 Å². The molecule has 1 aromatic rings. The number of amides is 1. The molecule has 0 aliphatic rings. The Morgan fingerprint density at radius 1 is 1.30 bits per heavy atom. The Balaban J connectivity index is 2.42. The van der Waals surface area contributed by atoms with Gasteiger partial charge in [0.1, 0.15) is 11.8 Å². The van der Waals surface area contributed by atoms with Gasteiger partial charge in [-0.15, -0.1) is 11.8 Å². The van der Waals surface area contributed by atoms with Gasteiger partial charge in [-0.05, 0) is 37.6 Å². The molecule has 0 fully saturated rings. The predicted octanol–water partition coefficient (Wildman–Crippen LogP) is 2.16. The number of rotatable bonds is 8. The Morgan fingerprint density at radius 2 is 1.95 bits per heavy atom. The number of nitrogens with one attached hydrogen (secondary N) is 1. The van der Waals surface area contributed by atoms with Crippen LogP contribution in [0.25, 0.3) is 0 Å². The van der Waals surface area contributed by atoms with E-state index in [-0.39, 0.29) is 11.7 Å². The van der Waals surface area contributed by atoms with Crippen LogP contribution < -0.4 is 10.1 Å². The van der Waals surface area contributed by atoms with Crippen molar-refractivity contribution in [2.75, 3.05) is 12.4 Å². The van der Waals surface area contributed by atoms with Gasteiger partial charge in [0.25, 0.3) is 0 Å². The molecule has 110 valence electrons. The van der Waals surface area contributed by atoms with Gasteiger partial charge in [-0.2, -0.15) is 0 Å². The smallest absolute Gasteiger partial charge is 0.326 e.